The fourth-order valence-corrected chi connectivity index (χ4v) is 0.721. The van der Waals surface area contributed by atoms with E-state index >= 15 is 0 Å². The molecule has 1 aromatic rings. The Morgan fingerprint density at radius 1 is 1.50 bits per heavy atom. The van der Waals surface area contributed by atoms with E-state index in [1.165, 1.54) is 0 Å². The van der Waals surface area contributed by atoms with Crippen LogP contribution in [-0.2, 0) is 0 Å². The molecule has 10 heavy (non-hydrogen) atoms. The second-order valence-corrected chi connectivity index (χ2v) is 1.91. The van der Waals surface area contributed by atoms with Crippen LogP contribution in [0.5, 0.6) is 0 Å². The van der Waals surface area contributed by atoms with Crippen LogP contribution in [0.2, 0.25) is 0 Å². The van der Waals surface area contributed by atoms with Gasteiger partial charge in [-0.15, -0.1) is 0 Å². The maximum Gasteiger partial charge on any atom is 0.187 e. The van der Waals surface area contributed by atoms with Gasteiger partial charge >= 0.3 is 0 Å². The van der Waals surface area contributed by atoms with Crippen LogP contribution in [0.15, 0.2) is 30.8 Å². The van der Waals surface area contributed by atoms with Crippen molar-refractivity contribution in [3.8, 4) is 0 Å². The summed E-state index contributed by atoms with van der Waals surface area (Å²) >= 11 is 0. The highest BCUT2D eigenvalue weighted by Crippen LogP contribution is 2.13. The summed E-state index contributed by atoms with van der Waals surface area (Å²) in [5.41, 5.74) is 1.66. The molecular formula is C9H7N. The molecule has 0 radical (unpaired) electrons. The van der Waals surface area contributed by atoms with Crippen LogP contribution >= 0.6 is 0 Å². The van der Waals surface area contributed by atoms with Gasteiger partial charge in [-0.1, -0.05) is 30.9 Å². The van der Waals surface area contributed by atoms with Crippen molar-refractivity contribution in [1.82, 2.24) is 0 Å². The Morgan fingerprint density at radius 3 is 2.90 bits per heavy atom. The Labute approximate surface area is 60.4 Å². The van der Waals surface area contributed by atoms with E-state index in [0.717, 1.165) is 5.56 Å². The first-order valence-electron chi connectivity index (χ1n) is 2.97. The first-order chi connectivity index (χ1) is 4.86. The first kappa shape index (κ1) is 6.57. The highest BCUT2D eigenvalue weighted by Gasteiger charge is 1.88. The summed E-state index contributed by atoms with van der Waals surface area (Å²) in [6.07, 6.45) is 1.73. The van der Waals surface area contributed by atoms with Crippen molar-refractivity contribution in [3.05, 3.63) is 47.8 Å². The van der Waals surface area contributed by atoms with Crippen molar-refractivity contribution >= 4 is 11.8 Å². The summed E-state index contributed by atoms with van der Waals surface area (Å²) in [6.45, 7) is 10.3. The number of rotatable bonds is 1. The van der Waals surface area contributed by atoms with Crippen molar-refractivity contribution < 1.29 is 0 Å². The van der Waals surface area contributed by atoms with E-state index in [9.17, 15) is 0 Å². The minimum Gasteiger partial charge on any atom is -0.238 e. The van der Waals surface area contributed by atoms with Crippen LogP contribution in [0.25, 0.3) is 10.9 Å². The fourth-order valence-electron chi connectivity index (χ4n) is 0.721. The fraction of sp³-hybridized carbons (Fsp3) is 0. The second kappa shape index (κ2) is 2.84. The van der Waals surface area contributed by atoms with E-state index in [-0.39, 0.29) is 0 Å². The third kappa shape index (κ3) is 1.24. The summed E-state index contributed by atoms with van der Waals surface area (Å²) in [5, 5.41) is 0. The molecule has 0 aromatic heterocycles. The Balaban J connectivity index is 3.13. The predicted molar refractivity (Wildman–Crippen MR) is 42.8 cm³/mol. The van der Waals surface area contributed by atoms with Crippen LogP contribution < -0.4 is 0 Å². The van der Waals surface area contributed by atoms with Crippen LogP contribution in [0.3, 0.4) is 0 Å². The van der Waals surface area contributed by atoms with Gasteiger partial charge in [-0.25, -0.2) is 4.85 Å². The van der Waals surface area contributed by atoms with Gasteiger partial charge in [0.25, 0.3) is 0 Å². The zero-order valence-electron chi connectivity index (χ0n) is 5.54. The molecule has 1 aromatic carbocycles. The number of hydrogen-bond acceptors (Lipinski definition) is 0. The number of benzene rings is 1. The molecule has 1 rings (SSSR count). The van der Waals surface area contributed by atoms with E-state index in [1.54, 1.807) is 18.2 Å². The molecule has 1 nitrogen and oxygen atoms in total. The lowest BCUT2D eigenvalue weighted by molar-refractivity contribution is 1.67. The summed E-state index contributed by atoms with van der Waals surface area (Å²) in [6, 6.07) is 7.35. The monoisotopic (exact) mass is 129 g/mol. The first-order valence-corrected chi connectivity index (χ1v) is 2.97. The van der Waals surface area contributed by atoms with Crippen LogP contribution in [-0.4, -0.2) is 0 Å². The molecule has 0 aliphatic rings. The molecule has 0 fully saturated rings. The topological polar surface area (TPSA) is 4.36 Å². The lowest BCUT2D eigenvalue weighted by Crippen LogP contribution is -1.66. The van der Waals surface area contributed by atoms with Crippen molar-refractivity contribution in [2.24, 2.45) is 0 Å². The number of nitrogens with zero attached hydrogens (tertiary/aromatic N) is 1. The Bertz CT molecular complexity index is 281. The maximum absolute atomic E-state index is 6.71. The molecule has 48 valence electrons. The van der Waals surface area contributed by atoms with Gasteiger partial charge in [-0.05, 0) is 11.6 Å². The minimum atomic E-state index is 0.664. The molecule has 0 bridgehead atoms. The SMILES string of the molecule is [C-]#[N+]c1cccc(C=C)c1. The third-order valence-corrected chi connectivity index (χ3v) is 1.24. The molecule has 0 atom stereocenters. The average molecular weight is 129 g/mol. The van der Waals surface area contributed by atoms with Gasteiger partial charge in [-0.2, -0.15) is 0 Å². The van der Waals surface area contributed by atoms with E-state index in [0.29, 0.717) is 5.69 Å². The predicted octanol–water partition coefficient (Wildman–Crippen LogP) is 2.88. The lowest BCUT2D eigenvalue weighted by atomic mass is 10.2. The van der Waals surface area contributed by atoms with Crippen molar-refractivity contribution in [2.45, 2.75) is 0 Å². The molecule has 0 amide bonds. The molecule has 1 heteroatoms. The molecule has 0 spiro atoms. The molecule has 0 saturated carbocycles. The van der Waals surface area contributed by atoms with Gasteiger partial charge in [-0.3, -0.25) is 0 Å². The summed E-state index contributed by atoms with van der Waals surface area (Å²) < 4.78 is 0. The van der Waals surface area contributed by atoms with Crippen molar-refractivity contribution in [2.75, 3.05) is 0 Å². The van der Waals surface area contributed by atoms with Gasteiger partial charge < -0.3 is 0 Å². The Hall–Kier alpha value is -1.55. The van der Waals surface area contributed by atoms with E-state index in [2.05, 4.69) is 11.4 Å². The van der Waals surface area contributed by atoms with E-state index in [4.69, 9.17) is 6.57 Å². The third-order valence-electron chi connectivity index (χ3n) is 1.24. The minimum absolute atomic E-state index is 0.664. The molecule has 0 aliphatic heterocycles. The van der Waals surface area contributed by atoms with E-state index < -0.39 is 0 Å². The largest absolute Gasteiger partial charge is 0.238 e. The van der Waals surface area contributed by atoms with Crippen molar-refractivity contribution in [3.63, 3.8) is 0 Å². The normalized spacial score (nSPS) is 8.30. The molecule has 0 N–H and O–H groups in total. The lowest BCUT2D eigenvalue weighted by Gasteiger charge is -1.90. The molecular weight excluding hydrogens is 122 g/mol. The summed E-state index contributed by atoms with van der Waals surface area (Å²) in [7, 11) is 0. The molecule has 0 aliphatic carbocycles. The van der Waals surface area contributed by atoms with Gasteiger partial charge in [0, 0.05) is 0 Å². The van der Waals surface area contributed by atoms with Crippen LogP contribution in [0.1, 0.15) is 5.56 Å². The Morgan fingerprint density at radius 2 is 2.30 bits per heavy atom. The zero-order chi connectivity index (χ0) is 7.40. The molecule has 0 unspecified atom stereocenters. The quantitative estimate of drug-likeness (QED) is 0.513. The average Bonchev–Trinajstić information content (AvgIpc) is 2.05. The molecule has 0 saturated heterocycles. The van der Waals surface area contributed by atoms with Gasteiger partial charge in [0.05, 0.1) is 6.57 Å². The standard InChI is InChI=1S/C9H7N/c1-3-8-5-4-6-9(7-8)10-2/h3-7H,1H2. The van der Waals surface area contributed by atoms with E-state index in [1.807, 2.05) is 12.1 Å². The smallest absolute Gasteiger partial charge is 0.187 e. The molecule has 0 heterocycles. The van der Waals surface area contributed by atoms with Gasteiger partial charge in [0.2, 0.25) is 0 Å². The summed E-state index contributed by atoms with van der Waals surface area (Å²) in [5.74, 6) is 0. The van der Waals surface area contributed by atoms with Crippen LogP contribution in [0, 0.1) is 6.57 Å². The number of hydrogen-bond donors (Lipinski definition) is 0. The van der Waals surface area contributed by atoms with Gasteiger partial charge in [0.15, 0.2) is 5.69 Å². The highest BCUT2D eigenvalue weighted by molar-refractivity contribution is 5.56. The highest BCUT2D eigenvalue weighted by atomic mass is 14.6. The van der Waals surface area contributed by atoms with Crippen LogP contribution in [0.4, 0.5) is 5.69 Å². The second-order valence-electron chi connectivity index (χ2n) is 1.91. The maximum atomic E-state index is 6.71. The van der Waals surface area contributed by atoms with Gasteiger partial charge in [0.1, 0.15) is 0 Å². The summed E-state index contributed by atoms with van der Waals surface area (Å²) in [4.78, 5) is 3.28. The zero-order valence-corrected chi connectivity index (χ0v) is 5.54. The Kier molecular flexibility index (Phi) is 1.86. The van der Waals surface area contributed by atoms with Crippen molar-refractivity contribution in [1.29, 1.82) is 0 Å².